The molecule has 0 atom stereocenters. The third kappa shape index (κ3) is 3.26. The molecule has 100 valence electrons. The van der Waals surface area contributed by atoms with Crippen LogP contribution in [0.4, 0.5) is 0 Å². The number of nitrogens with one attached hydrogen (secondary N) is 1. The third-order valence-corrected chi connectivity index (χ3v) is 2.61. The maximum absolute atomic E-state index is 8.60. The summed E-state index contributed by atoms with van der Waals surface area (Å²) < 4.78 is 1.85. The van der Waals surface area contributed by atoms with Crippen LogP contribution in [-0.4, -0.2) is 30.8 Å². The lowest BCUT2D eigenvalue weighted by atomic mass is 10.2. The second-order valence-corrected chi connectivity index (χ2v) is 4.00. The van der Waals surface area contributed by atoms with Gasteiger partial charge in [-0.3, -0.25) is 4.98 Å². The summed E-state index contributed by atoms with van der Waals surface area (Å²) in [5.74, 6) is 0.848. The number of pyridine rings is 1. The van der Waals surface area contributed by atoms with Gasteiger partial charge in [0, 0.05) is 19.8 Å². The molecule has 0 saturated carbocycles. The van der Waals surface area contributed by atoms with Gasteiger partial charge in [0.25, 0.3) is 0 Å². The summed E-state index contributed by atoms with van der Waals surface area (Å²) in [5, 5.41) is 22.5. The van der Waals surface area contributed by atoms with Crippen LogP contribution in [0.2, 0.25) is 0 Å². The van der Waals surface area contributed by atoms with Crippen molar-refractivity contribution in [2.45, 2.75) is 13.1 Å². The molecule has 0 spiro atoms. The van der Waals surface area contributed by atoms with Crippen LogP contribution in [0.1, 0.15) is 17.1 Å². The fraction of sp³-hybridized carbons (Fsp3) is 0.273. The molecule has 0 saturated heterocycles. The minimum Gasteiger partial charge on any atom is -0.409 e. The minimum atomic E-state index is -0.00449. The molecule has 0 aliphatic rings. The largest absolute Gasteiger partial charge is 0.409 e. The first-order valence-corrected chi connectivity index (χ1v) is 5.67. The molecular formula is C11H15N7O. The summed E-state index contributed by atoms with van der Waals surface area (Å²) in [7, 11) is 1.89. The average molecular weight is 261 g/mol. The predicted molar refractivity (Wildman–Crippen MR) is 68.3 cm³/mol. The van der Waals surface area contributed by atoms with Crippen molar-refractivity contribution < 1.29 is 5.21 Å². The van der Waals surface area contributed by atoms with Gasteiger partial charge < -0.3 is 20.8 Å². The van der Waals surface area contributed by atoms with Gasteiger partial charge in [-0.1, -0.05) is 5.16 Å². The number of hydrogen-bond donors (Lipinski definition) is 3. The van der Waals surface area contributed by atoms with Crippen LogP contribution in [-0.2, 0) is 20.1 Å². The second-order valence-electron chi connectivity index (χ2n) is 4.00. The van der Waals surface area contributed by atoms with Crippen molar-refractivity contribution in [3.05, 3.63) is 41.7 Å². The molecule has 0 aliphatic carbocycles. The molecule has 8 heteroatoms. The van der Waals surface area contributed by atoms with E-state index >= 15 is 0 Å². The van der Waals surface area contributed by atoms with Crippen LogP contribution in [0.25, 0.3) is 0 Å². The first-order valence-electron chi connectivity index (χ1n) is 5.67. The van der Waals surface area contributed by atoms with E-state index in [1.807, 2.05) is 17.7 Å². The van der Waals surface area contributed by atoms with Crippen LogP contribution in [0.3, 0.4) is 0 Å². The highest BCUT2D eigenvalue weighted by Gasteiger charge is 2.03. The average Bonchev–Trinajstić information content (AvgIpc) is 2.84. The maximum Gasteiger partial charge on any atom is 0.188 e. The lowest BCUT2D eigenvalue weighted by molar-refractivity contribution is 0.318. The van der Waals surface area contributed by atoms with Crippen molar-refractivity contribution >= 4 is 5.84 Å². The summed E-state index contributed by atoms with van der Waals surface area (Å²) in [5.41, 5.74) is 6.91. The Morgan fingerprint density at radius 3 is 3.05 bits per heavy atom. The number of nitrogens with zero attached hydrogens (tertiary/aromatic N) is 5. The van der Waals surface area contributed by atoms with Crippen molar-refractivity contribution in [2.75, 3.05) is 0 Å². The molecule has 8 nitrogen and oxygen atoms in total. The number of nitrogens with two attached hydrogens (primary N) is 1. The fourth-order valence-electron chi connectivity index (χ4n) is 1.56. The standard InChI is InChI=1S/C11H15N7O/c1-18-7-15-16-10(18)6-13-5-8-2-3-14-9(4-8)11(12)17-19/h2-4,7,13,19H,5-6H2,1H3,(H2,12,17). The molecule has 4 N–H and O–H groups in total. The van der Waals surface area contributed by atoms with E-state index in [0.29, 0.717) is 18.8 Å². The van der Waals surface area contributed by atoms with Gasteiger partial charge in [-0.2, -0.15) is 0 Å². The summed E-state index contributed by atoms with van der Waals surface area (Å²) in [6, 6.07) is 3.62. The zero-order valence-electron chi connectivity index (χ0n) is 10.5. The number of hydrogen-bond acceptors (Lipinski definition) is 6. The van der Waals surface area contributed by atoms with E-state index in [1.54, 1.807) is 18.6 Å². The van der Waals surface area contributed by atoms with Crippen molar-refractivity contribution in [2.24, 2.45) is 17.9 Å². The Labute approximate surface area is 110 Å². The Balaban J connectivity index is 1.95. The summed E-state index contributed by atoms with van der Waals surface area (Å²) in [6.07, 6.45) is 3.27. The maximum atomic E-state index is 8.60. The molecule has 2 rings (SSSR count). The van der Waals surface area contributed by atoms with Crippen LogP contribution in [0.5, 0.6) is 0 Å². The fourth-order valence-corrected chi connectivity index (χ4v) is 1.56. The Bertz CT molecular complexity index is 578. The lowest BCUT2D eigenvalue weighted by Crippen LogP contribution is -2.18. The van der Waals surface area contributed by atoms with E-state index in [0.717, 1.165) is 11.4 Å². The van der Waals surface area contributed by atoms with E-state index in [1.165, 1.54) is 0 Å². The molecule has 2 aromatic rings. The predicted octanol–water partition coefficient (Wildman–Crippen LogP) is -0.406. The van der Waals surface area contributed by atoms with Gasteiger partial charge in [-0.05, 0) is 17.7 Å². The third-order valence-electron chi connectivity index (χ3n) is 2.61. The van der Waals surface area contributed by atoms with Crippen LogP contribution >= 0.6 is 0 Å². The minimum absolute atomic E-state index is 0.00449. The van der Waals surface area contributed by atoms with Gasteiger partial charge in [0.2, 0.25) is 0 Å². The molecular weight excluding hydrogens is 246 g/mol. The highest BCUT2D eigenvalue weighted by molar-refractivity contribution is 5.95. The van der Waals surface area contributed by atoms with Gasteiger partial charge in [0.1, 0.15) is 17.8 Å². The van der Waals surface area contributed by atoms with Gasteiger partial charge in [0.15, 0.2) is 5.84 Å². The first kappa shape index (κ1) is 13.0. The highest BCUT2D eigenvalue weighted by atomic mass is 16.4. The molecule has 2 aromatic heterocycles. The molecule has 0 unspecified atom stereocenters. The van der Waals surface area contributed by atoms with Crippen LogP contribution in [0.15, 0.2) is 29.8 Å². The smallest absolute Gasteiger partial charge is 0.188 e. The molecule has 2 heterocycles. The normalized spacial score (nSPS) is 11.7. The number of rotatable bonds is 5. The van der Waals surface area contributed by atoms with Crippen molar-refractivity contribution in [1.82, 2.24) is 25.1 Å². The van der Waals surface area contributed by atoms with E-state index in [-0.39, 0.29) is 5.84 Å². The number of aromatic nitrogens is 4. The van der Waals surface area contributed by atoms with Gasteiger partial charge in [-0.15, -0.1) is 10.2 Å². The number of oxime groups is 1. The molecule has 19 heavy (non-hydrogen) atoms. The van der Waals surface area contributed by atoms with E-state index in [9.17, 15) is 0 Å². The molecule has 0 aliphatic heterocycles. The van der Waals surface area contributed by atoms with E-state index in [2.05, 4.69) is 25.7 Å². The Morgan fingerprint density at radius 1 is 1.53 bits per heavy atom. The van der Waals surface area contributed by atoms with Gasteiger partial charge in [0.05, 0.1) is 6.54 Å². The number of aryl methyl sites for hydroxylation is 1. The highest BCUT2D eigenvalue weighted by Crippen LogP contribution is 2.02. The zero-order valence-corrected chi connectivity index (χ0v) is 10.5. The lowest BCUT2D eigenvalue weighted by Gasteiger charge is -2.05. The monoisotopic (exact) mass is 261 g/mol. The summed E-state index contributed by atoms with van der Waals surface area (Å²) in [6.45, 7) is 1.23. The van der Waals surface area contributed by atoms with Crippen LogP contribution < -0.4 is 11.1 Å². The first-order chi connectivity index (χ1) is 9.20. The topological polar surface area (TPSA) is 114 Å². The Kier molecular flexibility index (Phi) is 4.04. The number of amidine groups is 1. The van der Waals surface area contributed by atoms with Crippen molar-refractivity contribution in [3.63, 3.8) is 0 Å². The molecule has 0 amide bonds. The summed E-state index contributed by atoms with van der Waals surface area (Å²) in [4.78, 5) is 4.01. The van der Waals surface area contributed by atoms with Crippen LogP contribution in [0, 0.1) is 0 Å². The van der Waals surface area contributed by atoms with E-state index in [4.69, 9.17) is 10.9 Å². The SMILES string of the molecule is Cn1cnnc1CNCc1ccnc(C(N)=NO)c1. The quantitative estimate of drug-likeness (QED) is 0.292. The Hall–Kier alpha value is -2.48. The molecule has 0 bridgehead atoms. The van der Waals surface area contributed by atoms with Crippen molar-refractivity contribution in [1.29, 1.82) is 0 Å². The molecule has 0 fully saturated rings. The summed E-state index contributed by atoms with van der Waals surface area (Å²) >= 11 is 0. The van der Waals surface area contributed by atoms with Gasteiger partial charge in [-0.25, -0.2) is 0 Å². The zero-order chi connectivity index (χ0) is 13.7. The van der Waals surface area contributed by atoms with Crippen molar-refractivity contribution in [3.8, 4) is 0 Å². The molecule has 0 aromatic carbocycles. The molecule has 0 radical (unpaired) electrons. The van der Waals surface area contributed by atoms with E-state index < -0.39 is 0 Å². The Morgan fingerprint density at radius 2 is 2.37 bits per heavy atom. The van der Waals surface area contributed by atoms with Gasteiger partial charge >= 0.3 is 0 Å². The second kappa shape index (κ2) is 5.91.